The average molecular weight is 518 g/mol. The molecular weight excluding hydrogens is 482 g/mol. The third kappa shape index (κ3) is 3.94. The Bertz CT molecular complexity index is 1460. The van der Waals surface area contributed by atoms with Gasteiger partial charge in [0.1, 0.15) is 16.7 Å². The van der Waals surface area contributed by atoms with Crippen molar-refractivity contribution in [2.24, 2.45) is 23.7 Å². The van der Waals surface area contributed by atoms with Gasteiger partial charge in [-0.05, 0) is 93.2 Å². The van der Waals surface area contributed by atoms with E-state index in [9.17, 15) is 24.9 Å². The number of carbonyl (C=O) groups is 1. The van der Waals surface area contributed by atoms with Gasteiger partial charge in [0.25, 0.3) is 5.91 Å². The van der Waals surface area contributed by atoms with Crippen LogP contribution in [0, 0.1) is 30.6 Å². The Balaban J connectivity index is 1.33. The third-order valence-corrected chi connectivity index (χ3v) is 9.00. The molecule has 7 heteroatoms. The van der Waals surface area contributed by atoms with Gasteiger partial charge in [-0.1, -0.05) is 26.0 Å². The van der Waals surface area contributed by atoms with Gasteiger partial charge in [0, 0.05) is 16.7 Å². The van der Waals surface area contributed by atoms with Gasteiger partial charge >= 0.3 is 0 Å². The summed E-state index contributed by atoms with van der Waals surface area (Å²) in [6, 6.07) is 6.86. The second-order valence-corrected chi connectivity index (χ2v) is 12.4. The molecule has 200 valence electrons. The minimum Gasteiger partial charge on any atom is -0.504 e. The number of hydrogen-bond donors (Lipinski definition) is 4. The predicted molar refractivity (Wildman–Crippen MR) is 145 cm³/mol. The van der Waals surface area contributed by atoms with Crippen LogP contribution in [0.1, 0.15) is 74.1 Å². The van der Waals surface area contributed by atoms with E-state index in [0.29, 0.717) is 23.3 Å². The van der Waals surface area contributed by atoms with E-state index in [2.05, 4.69) is 5.32 Å². The number of phenolic OH excluding ortho intramolecular Hbond substituents is 3. The molecule has 0 spiro atoms. The molecule has 1 aromatic heterocycles. The van der Waals surface area contributed by atoms with E-state index in [4.69, 9.17) is 4.42 Å². The van der Waals surface area contributed by atoms with Crippen molar-refractivity contribution in [3.05, 3.63) is 51.4 Å². The highest BCUT2D eigenvalue weighted by atomic mass is 16.3. The summed E-state index contributed by atoms with van der Waals surface area (Å²) in [6.07, 6.45) is 7.50. The first kappa shape index (κ1) is 24.8. The highest BCUT2D eigenvalue weighted by molar-refractivity contribution is 5.96. The Labute approximate surface area is 221 Å². The van der Waals surface area contributed by atoms with Crippen molar-refractivity contribution < 1.29 is 24.5 Å². The Hall–Kier alpha value is -3.48. The fourth-order valence-corrected chi connectivity index (χ4v) is 7.85. The zero-order valence-corrected chi connectivity index (χ0v) is 22.1. The number of amides is 1. The summed E-state index contributed by atoms with van der Waals surface area (Å²) < 4.78 is 6.00. The van der Waals surface area contributed by atoms with E-state index in [1.807, 2.05) is 13.8 Å². The summed E-state index contributed by atoms with van der Waals surface area (Å²) in [5, 5.41) is 34.6. The predicted octanol–water partition coefficient (Wildman–Crippen LogP) is 5.78. The van der Waals surface area contributed by atoms with Crippen LogP contribution in [-0.2, 0) is 6.42 Å². The Morgan fingerprint density at radius 3 is 2.11 bits per heavy atom. The maximum absolute atomic E-state index is 13.6. The molecule has 0 aliphatic heterocycles. The number of fused-ring (bicyclic) bond motifs is 1. The van der Waals surface area contributed by atoms with Gasteiger partial charge in [-0.2, -0.15) is 0 Å². The summed E-state index contributed by atoms with van der Waals surface area (Å²) in [6.45, 7) is 5.54. The Morgan fingerprint density at radius 1 is 0.974 bits per heavy atom. The highest BCUT2D eigenvalue weighted by Gasteiger charge is 2.51. The maximum Gasteiger partial charge on any atom is 0.251 e. The Morgan fingerprint density at radius 2 is 1.55 bits per heavy atom. The molecule has 0 saturated heterocycles. The van der Waals surface area contributed by atoms with Crippen LogP contribution in [0.5, 0.6) is 17.2 Å². The van der Waals surface area contributed by atoms with Crippen molar-refractivity contribution in [1.29, 1.82) is 0 Å². The lowest BCUT2D eigenvalue weighted by molar-refractivity contribution is -0.0167. The van der Waals surface area contributed by atoms with E-state index in [1.165, 1.54) is 19.3 Å². The molecule has 7 nitrogen and oxygen atoms in total. The first-order valence-corrected chi connectivity index (χ1v) is 13.7. The quantitative estimate of drug-likeness (QED) is 0.318. The number of aryl methyl sites for hydroxylation is 1. The van der Waals surface area contributed by atoms with Crippen LogP contribution < -0.4 is 10.7 Å². The molecule has 2 aromatic carbocycles. The topological polar surface area (TPSA) is 120 Å². The fourth-order valence-electron chi connectivity index (χ4n) is 7.85. The van der Waals surface area contributed by atoms with E-state index in [0.717, 1.165) is 37.0 Å². The molecule has 4 saturated carbocycles. The number of rotatable bonds is 5. The van der Waals surface area contributed by atoms with E-state index >= 15 is 0 Å². The number of aromatic hydroxyl groups is 3. The number of nitrogens with one attached hydrogen (secondary N) is 1. The van der Waals surface area contributed by atoms with Crippen molar-refractivity contribution in [3.63, 3.8) is 0 Å². The number of carbonyl (C=O) groups excluding carboxylic acids is 1. The number of hydrogen-bond acceptors (Lipinski definition) is 6. The molecule has 7 rings (SSSR count). The second-order valence-electron chi connectivity index (χ2n) is 12.4. The van der Waals surface area contributed by atoms with Crippen molar-refractivity contribution in [2.75, 3.05) is 0 Å². The van der Waals surface area contributed by atoms with Gasteiger partial charge in [0.2, 0.25) is 11.2 Å². The van der Waals surface area contributed by atoms with E-state index in [1.54, 1.807) is 31.2 Å². The first-order chi connectivity index (χ1) is 18.0. The molecule has 0 atom stereocenters. The summed E-state index contributed by atoms with van der Waals surface area (Å²) >= 11 is 0. The van der Waals surface area contributed by atoms with Crippen LogP contribution >= 0.6 is 0 Å². The highest BCUT2D eigenvalue weighted by Crippen LogP contribution is 2.55. The van der Waals surface area contributed by atoms with Crippen molar-refractivity contribution in [3.8, 4) is 28.4 Å². The van der Waals surface area contributed by atoms with Gasteiger partial charge in [-0.25, -0.2) is 0 Å². The lowest BCUT2D eigenvalue weighted by atomic mass is 9.53. The van der Waals surface area contributed by atoms with Gasteiger partial charge in [0.05, 0.1) is 5.56 Å². The molecule has 0 unspecified atom stereocenters. The van der Waals surface area contributed by atoms with Crippen molar-refractivity contribution in [2.45, 2.75) is 71.3 Å². The minimum absolute atomic E-state index is 0.0734. The molecule has 4 bridgehead atoms. The molecule has 0 radical (unpaired) electrons. The zero-order valence-electron chi connectivity index (χ0n) is 22.1. The molecular formula is C31H35NO6. The monoisotopic (exact) mass is 517 g/mol. The Kier molecular flexibility index (Phi) is 5.74. The van der Waals surface area contributed by atoms with Gasteiger partial charge in [-0.3, -0.25) is 9.59 Å². The van der Waals surface area contributed by atoms with Crippen LogP contribution in [0.2, 0.25) is 0 Å². The average Bonchev–Trinajstić information content (AvgIpc) is 2.84. The minimum atomic E-state index is -0.730. The van der Waals surface area contributed by atoms with E-state index < -0.39 is 22.7 Å². The first-order valence-electron chi connectivity index (χ1n) is 13.7. The lowest BCUT2D eigenvalue weighted by Crippen LogP contribution is -2.59. The van der Waals surface area contributed by atoms with Crippen molar-refractivity contribution in [1.82, 2.24) is 5.32 Å². The normalized spacial score (nSPS) is 25.8. The smallest absolute Gasteiger partial charge is 0.251 e. The SMILES string of the molecule is Cc1oc2c(CC(C)C)c(O)c(O)c(O)c2c(=O)c1-c1ccc(C(=O)NC23CC4CC(CC(C4)C2)C3)cc1. The van der Waals surface area contributed by atoms with Crippen LogP contribution in [0.3, 0.4) is 0 Å². The summed E-state index contributed by atoms with van der Waals surface area (Å²) in [5.74, 6) is 0.635. The molecule has 1 heterocycles. The molecule has 3 aromatic rings. The second kappa shape index (κ2) is 8.79. The zero-order chi connectivity index (χ0) is 26.9. The third-order valence-electron chi connectivity index (χ3n) is 9.00. The molecule has 4 fully saturated rings. The van der Waals surface area contributed by atoms with E-state index in [-0.39, 0.29) is 39.5 Å². The summed E-state index contributed by atoms with van der Waals surface area (Å²) in [7, 11) is 0. The molecule has 38 heavy (non-hydrogen) atoms. The van der Waals surface area contributed by atoms with Crippen LogP contribution in [0.4, 0.5) is 0 Å². The van der Waals surface area contributed by atoms with Crippen LogP contribution in [0.15, 0.2) is 33.5 Å². The number of benzene rings is 2. The molecule has 4 aliphatic carbocycles. The van der Waals surface area contributed by atoms with Crippen LogP contribution in [0.25, 0.3) is 22.1 Å². The van der Waals surface area contributed by atoms with Crippen LogP contribution in [-0.4, -0.2) is 26.8 Å². The molecule has 1 amide bonds. The standard InChI is InChI=1S/C31H35NO6/c1-15(2)8-22-25(33)28(36)27(35)24-26(34)23(16(3)38-29(22)24)20-4-6-21(7-5-20)30(37)32-31-12-17-9-18(13-31)11-19(10-17)14-31/h4-7,15,17-19,33,35-36H,8-14H2,1-3H3,(H,32,37). The van der Waals surface area contributed by atoms with Gasteiger partial charge in [-0.15, -0.1) is 0 Å². The van der Waals surface area contributed by atoms with Gasteiger partial charge < -0.3 is 25.1 Å². The van der Waals surface area contributed by atoms with Crippen molar-refractivity contribution >= 4 is 16.9 Å². The number of phenols is 3. The molecule has 4 aliphatic rings. The summed E-state index contributed by atoms with van der Waals surface area (Å²) in [4.78, 5) is 26.9. The maximum atomic E-state index is 13.6. The fraction of sp³-hybridized carbons (Fsp3) is 0.484. The largest absolute Gasteiger partial charge is 0.504 e. The summed E-state index contributed by atoms with van der Waals surface area (Å²) in [5.41, 5.74) is 1.09. The lowest BCUT2D eigenvalue weighted by Gasteiger charge is -2.56. The van der Waals surface area contributed by atoms with Gasteiger partial charge in [0.15, 0.2) is 11.5 Å². The molecule has 4 N–H and O–H groups in total.